The summed E-state index contributed by atoms with van der Waals surface area (Å²) in [5.41, 5.74) is 10.6. The van der Waals surface area contributed by atoms with Gasteiger partial charge < -0.3 is 66.9 Å². The first-order chi connectivity index (χ1) is 60.4. The molecule has 0 bridgehead atoms. The van der Waals surface area contributed by atoms with Gasteiger partial charge in [0.1, 0.15) is 61.4 Å². The van der Waals surface area contributed by atoms with E-state index < -0.39 is 45.9 Å². The van der Waals surface area contributed by atoms with Crippen LogP contribution in [0.25, 0.3) is 54.5 Å². The molecule has 0 aliphatic carbocycles. The molecule has 0 radical (unpaired) electrons. The highest BCUT2D eigenvalue weighted by Crippen LogP contribution is 2.20. The van der Waals surface area contributed by atoms with Crippen LogP contribution >= 0.6 is 97.1 Å². The van der Waals surface area contributed by atoms with Gasteiger partial charge in [-0.15, -0.1) is 0 Å². The van der Waals surface area contributed by atoms with Crippen LogP contribution in [-0.2, 0) is 37.3 Å². The molecule has 126 heavy (non-hydrogen) atoms. The van der Waals surface area contributed by atoms with E-state index >= 15 is 0 Å². The average Bonchev–Trinajstić information content (AvgIpc) is 0.767. The number of carbonyl (C=O) groups excluding carboxylic acids is 5. The number of anilines is 1. The molecule has 0 aliphatic heterocycles. The summed E-state index contributed by atoms with van der Waals surface area (Å²) in [5, 5.41) is 60.3. The number of aromatic nitrogens is 11. The summed E-state index contributed by atoms with van der Waals surface area (Å²) in [6, 6.07) is 38.7. The van der Waals surface area contributed by atoms with Crippen LogP contribution in [0.2, 0.25) is 35.5 Å². The van der Waals surface area contributed by atoms with Crippen molar-refractivity contribution in [2.24, 2.45) is 0 Å². The molecule has 15 rings (SSSR count). The van der Waals surface area contributed by atoms with E-state index in [9.17, 15) is 58.4 Å². The van der Waals surface area contributed by atoms with Crippen LogP contribution in [0, 0.1) is 11.8 Å². The molecule has 4 amide bonds. The monoisotopic (exact) mass is 1910 g/mol. The molecule has 4 aromatic carbocycles. The van der Waals surface area contributed by atoms with Gasteiger partial charge >= 0.3 is 21.4 Å². The van der Waals surface area contributed by atoms with Gasteiger partial charge in [0.25, 0.3) is 23.6 Å². The van der Waals surface area contributed by atoms with Crippen molar-refractivity contribution in [1.29, 1.82) is 0 Å². The number of esters is 1. The summed E-state index contributed by atoms with van der Waals surface area (Å²) < 4.78 is 7.41. The third-order valence-electron chi connectivity index (χ3n) is 17.8. The smallest absolute Gasteiger partial charge is 0.343 e. The number of fused-ring (bicyclic) bond motifs is 5. The predicted octanol–water partition coefficient (Wildman–Crippen LogP) is 11.2. The number of carbonyl (C=O) groups is 5. The molecule has 0 atom stereocenters. The number of pyridine rings is 11. The molecule has 11 heterocycles. The van der Waals surface area contributed by atoms with Gasteiger partial charge in [0.2, 0.25) is 45.7 Å². The van der Waals surface area contributed by atoms with Crippen molar-refractivity contribution in [2.75, 3.05) is 25.6 Å². The van der Waals surface area contributed by atoms with Crippen LogP contribution in [-0.4, -0.2) is 115 Å². The van der Waals surface area contributed by atoms with Gasteiger partial charge in [-0.2, -0.15) is 0 Å². The van der Waals surface area contributed by atoms with Crippen LogP contribution < -0.4 is 68.3 Å². The molecule has 0 fully saturated rings. The van der Waals surface area contributed by atoms with E-state index in [1.54, 1.807) is 104 Å². The lowest BCUT2D eigenvalue weighted by molar-refractivity contribution is -0.902. The zero-order valence-electron chi connectivity index (χ0n) is 65.5. The predicted molar refractivity (Wildman–Crippen MR) is 478 cm³/mol. The molecule has 16 N–H and O–H groups in total. The lowest BCUT2D eigenvalue weighted by Gasteiger charge is -2.07. The van der Waals surface area contributed by atoms with Gasteiger partial charge in [0, 0.05) is 127 Å². The second kappa shape index (κ2) is 45.1. The van der Waals surface area contributed by atoms with Gasteiger partial charge in [-0.25, -0.2) is 14.8 Å². The summed E-state index contributed by atoms with van der Waals surface area (Å²) in [5.74, 6) is 2.54. The number of amides is 4. The molecule has 15 aromatic rings. The summed E-state index contributed by atoms with van der Waals surface area (Å²) in [6.45, 7) is 2.74. The topological polar surface area (TPSA) is 484 Å². The number of halogens is 8. The fourth-order valence-corrected chi connectivity index (χ4v) is 12.6. The van der Waals surface area contributed by atoms with Crippen molar-refractivity contribution >= 4 is 187 Å². The number of aromatic amines is 5. The maximum absolute atomic E-state index is 12.7. The van der Waals surface area contributed by atoms with Crippen molar-refractivity contribution in [3.05, 3.63) is 360 Å². The van der Waals surface area contributed by atoms with Crippen molar-refractivity contribution in [1.82, 2.24) is 61.1 Å². The molecule has 40 heteroatoms. The third-order valence-corrected chi connectivity index (χ3v) is 20.1. The fourth-order valence-electron chi connectivity index (χ4n) is 11.4. The molecular weight excluding hydrogens is 1840 g/mol. The van der Waals surface area contributed by atoms with Crippen molar-refractivity contribution in [2.45, 2.75) is 45.9 Å². The number of nitrogen functional groups attached to an aromatic ring is 1. The maximum atomic E-state index is 12.7. The van der Waals surface area contributed by atoms with Gasteiger partial charge in [0.05, 0.1) is 63.3 Å². The highest BCUT2D eigenvalue weighted by molar-refractivity contribution is 9.10. The number of hydrogen-bond acceptors (Lipinski definition) is 20. The molecule has 0 unspecified atom stereocenters. The number of nitrogens with two attached hydrogens (primary N) is 1. The maximum Gasteiger partial charge on any atom is 0.343 e. The first-order valence-corrected chi connectivity index (χ1v) is 40.6. The molecule has 0 spiro atoms. The third kappa shape index (κ3) is 25.8. The van der Waals surface area contributed by atoms with Gasteiger partial charge in [-0.05, 0) is 171 Å². The van der Waals surface area contributed by atoms with Gasteiger partial charge in [0.15, 0.2) is 0 Å². The van der Waals surface area contributed by atoms with Crippen LogP contribution in [0.1, 0.15) is 98.8 Å². The number of ether oxygens (including phenoxy) is 1. The van der Waals surface area contributed by atoms with Crippen molar-refractivity contribution < 1.29 is 68.7 Å². The van der Waals surface area contributed by atoms with E-state index in [-0.39, 0.29) is 97.8 Å². The zero-order chi connectivity index (χ0) is 90.8. The Balaban J connectivity index is 0.000000161. The molecule has 11 aromatic heterocycles. The van der Waals surface area contributed by atoms with Crippen molar-refractivity contribution in [3.8, 4) is 11.8 Å². The Hall–Kier alpha value is -13.6. The Bertz CT molecular complexity index is 6970. The molecular formula is C86H71BrCl7N16O16+3. The van der Waals surface area contributed by atoms with E-state index in [0.29, 0.717) is 121 Å². The number of aliphatic hydroxyl groups is 2. The van der Waals surface area contributed by atoms with Gasteiger partial charge in [-0.3, -0.25) is 63.8 Å². The molecule has 32 nitrogen and oxygen atoms in total. The number of nitrogens with zero attached hydrogens (tertiary/aromatic N) is 6. The minimum atomic E-state index is -0.697. The zero-order valence-corrected chi connectivity index (χ0v) is 72.4. The molecule has 644 valence electrons. The van der Waals surface area contributed by atoms with E-state index in [1.807, 2.05) is 24.3 Å². The van der Waals surface area contributed by atoms with Crippen LogP contribution in [0.4, 0.5) is 5.69 Å². The molecule has 0 aliphatic rings. The average molecular weight is 1910 g/mol. The lowest BCUT2D eigenvalue weighted by atomic mass is 10.1. The van der Waals surface area contributed by atoms with Gasteiger partial charge in [-0.1, -0.05) is 101 Å². The number of rotatable bonds is 17. The van der Waals surface area contributed by atoms with E-state index in [0.717, 1.165) is 27.0 Å². The van der Waals surface area contributed by atoms with Crippen molar-refractivity contribution in [3.63, 3.8) is 0 Å². The Kier molecular flexibility index (Phi) is 33.9. The largest absolute Gasteiger partial charge is 0.462 e. The standard InChI is InChI=1S/C19H18ClN3O3.C19H14ClN3O3.C16H11BrClN3O2.C16H11Cl2N3O3.C11H9ClN2O4.C5H6ClN2O/c2*20-13-5-3-12(4-6-13)9-23-19(26)16-10-22-17-11-21-14(2-1-7-24)8-15(17)18(16)25;17-14-5-11-13(8-20-14)19-7-12(15(11)22)16(23)21-6-9-1-3-10(18)4-2-9;17-10-3-1-9(2-4-10)6-20-16(23)12-7-19-13-8-21(24)14(18)5-11(13)15(12)22;1-2-18-11(16)7-4-13-8-5-14(17)9(12)3-6(8)10(7)15;6-5-2-1-4(7)3-8(5)9/h3-6,8,10-11,24H,1-2,7,9H2,(H,22,25)(H,23,26);3-6,8,10-11,24H,7,9H2,(H,22,25)(H,23,26);1-5,7-8H,6H2,(H,19,22)(H,21,23);1-5,7-8H,6H2,(H2-,19,20,22,23,24);3-5H,2H2,1H3,(H-,13,15,16,17);1-3,9H,7H2/q;;;;;+1/p+2. The minimum absolute atomic E-state index is 0.00118. The summed E-state index contributed by atoms with van der Waals surface area (Å²) >= 11 is 43.4. The summed E-state index contributed by atoms with van der Waals surface area (Å²) in [4.78, 5) is 150. The van der Waals surface area contributed by atoms with Crippen LogP contribution in [0.3, 0.4) is 0 Å². The van der Waals surface area contributed by atoms with Crippen LogP contribution in [0.15, 0.2) is 236 Å². The second-order valence-electron chi connectivity index (χ2n) is 26.5. The first kappa shape index (κ1) is 94.6. The summed E-state index contributed by atoms with van der Waals surface area (Å²) in [7, 11) is 0. The van der Waals surface area contributed by atoms with E-state index in [2.05, 4.69) is 88.9 Å². The lowest BCUT2D eigenvalue weighted by Crippen LogP contribution is -2.32. The number of H-pyrrole nitrogens is 5. The molecule has 0 saturated heterocycles. The number of benzene rings is 4. The summed E-state index contributed by atoms with van der Waals surface area (Å²) in [6.07, 6.45) is 16.2. The first-order valence-electron chi connectivity index (χ1n) is 37.2. The second-order valence-corrected chi connectivity index (χ2v) is 30.2. The highest BCUT2D eigenvalue weighted by Gasteiger charge is 2.22. The molecule has 0 saturated carbocycles. The Morgan fingerprint density at radius 2 is 0.778 bits per heavy atom. The number of nitrogens with one attached hydrogen (secondary N) is 9. The number of hydrogen-bond donors (Lipinski definition) is 15. The SMILES string of the molecule is CCOC(=O)c1c[nH]c2c[n+](O)c(Cl)cc2c1=O.Nc1ccc(Cl)[n+](O)c1.O=C(NCc1ccc(Cl)cc1)c1c[nH]c2c[n+](O)c(Cl)cc2c1=O.O=C(NCc1ccc(Cl)cc1)c1c[nH]c2cnc(Br)cc2c1=O.O=C(NCc1ccc(Cl)cc1)c1c[nH]c2cnc(C#CCO)cc2c1=O.O=C(NCc1ccc(Cl)cc1)c1c[nH]c2cnc(CCCO)cc2c1=O. The minimum Gasteiger partial charge on any atom is -0.462 e. The van der Waals surface area contributed by atoms with Crippen LogP contribution in [0.5, 0.6) is 0 Å². The Labute approximate surface area is 755 Å². The number of aryl methyl sites for hydroxylation is 1. The number of aliphatic hydroxyl groups excluding tert-OH is 2. The van der Waals surface area contributed by atoms with E-state index in [1.165, 1.54) is 86.2 Å². The van der Waals surface area contributed by atoms with E-state index in [4.69, 9.17) is 107 Å². The Morgan fingerprint density at radius 3 is 1.15 bits per heavy atom. The quantitative estimate of drug-likeness (QED) is 0.0132. The Morgan fingerprint density at radius 1 is 0.437 bits per heavy atom. The fraction of sp³-hybridized carbons (Fsp3) is 0.116. The highest BCUT2D eigenvalue weighted by atomic mass is 79.9. The normalized spacial score (nSPS) is 10.5.